The first-order chi connectivity index (χ1) is 10.8. The van der Waals surface area contributed by atoms with Gasteiger partial charge in [-0.05, 0) is 55.9 Å². The molecule has 4 nitrogen and oxygen atoms in total. The second-order valence-corrected chi connectivity index (χ2v) is 6.97. The van der Waals surface area contributed by atoms with Gasteiger partial charge in [-0.3, -0.25) is 0 Å². The van der Waals surface area contributed by atoms with Crippen molar-refractivity contribution in [2.45, 2.75) is 53.6 Å². The fraction of sp³-hybridized carbons (Fsp3) is 0.706. The van der Waals surface area contributed by atoms with E-state index >= 15 is 0 Å². The molecular formula is C17H36N2O2S2. The third-order valence-corrected chi connectivity index (χ3v) is 3.13. The number of thioether (sulfide) groups is 1. The summed E-state index contributed by atoms with van der Waals surface area (Å²) in [5, 5.41) is 5.29. The van der Waals surface area contributed by atoms with Crippen molar-refractivity contribution in [1.82, 2.24) is 10.6 Å². The smallest absolute Gasteiger partial charge is 0.407 e. The minimum Gasteiger partial charge on any atom is -0.444 e. The normalized spacial score (nSPS) is 10.9. The maximum atomic E-state index is 10.5. The first-order valence-electron chi connectivity index (χ1n) is 7.97. The van der Waals surface area contributed by atoms with E-state index in [0.29, 0.717) is 0 Å². The molecule has 0 bridgehead atoms. The van der Waals surface area contributed by atoms with Crippen LogP contribution in [0.3, 0.4) is 0 Å². The molecule has 2 N–H and O–H groups in total. The standard InChI is InChI=1S/C9H17NS2.C6H13NO2.C2H6/c1-3-12-8-6-9(11)5-4-7-10-2;1-6(2,3)9-5(8)7-4;1-2/h4-5,7,10-11H,3,6,8H2,1-2H3;1-4H3,(H,7,8);1-2H3/b7-4-,9-5+;;. The monoisotopic (exact) mass is 364 g/mol. The molecule has 0 fully saturated rings. The number of amides is 1. The molecular weight excluding hydrogens is 328 g/mol. The summed E-state index contributed by atoms with van der Waals surface area (Å²) in [6.07, 6.45) is 6.57. The number of thiol groups is 1. The van der Waals surface area contributed by atoms with Crippen molar-refractivity contribution >= 4 is 30.5 Å². The van der Waals surface area contributed by atoms with E-state index in [1.807, 2.05) is 71.8 Å². The molecule has 0 spiro atoms. The topological polar surface area (TPSA) is 50.4 Å². The average Bonchev–Trinajstić information content (AvgIpc) is 2.49. The van der Waals surface area contributed by atoms with Gasteiger partial charge in [0.1, 0.15) is 5.60 Å². The lowest BCUT2D eigenvalue weighted by Gasteiger charge is -2.18. The van der Waals surface area contributed by atoms with E-state index in [0.717, 1.165) is 11.3 Å². The van der Waals surface area contributed by atoms with E-state index in [-0.39, 0.29) is 11.7 Å². The van der Waals surface area contributed by atoms with Gasteiger partial charge in [0.05, 0.1) is 0 Å². The summed E-state index contributed by atoms with van der Waals surface area (Å²) >= 11 is 6.29. The van der Waals surface area contributed by atoms with E-state index in [1.54, 1.807) is 0 Å². The zero-order valence-corrected chi connectivity index (χ0v) is 17.7. The van der Waals surface area contributed by atoms with E-state index in [9.17, 15) is 4.79 Å². The Morgan fingerprint density at radius 1 is 1.26 bits per heavy atom. The van der Waals surface area contributed by atoms with Crippen LogP contribution in [0.25, 0.3) is 0 Å². The predicted molar refractivity (Wildman–Crippen MR) is 110 cm³/mol. The molecule has 6 heteroatoms. The first-order valence-corrected chi connectivity index (χ1v) is 9.57. The molecule has 1 amide bonds. The van der Waals surface area contributed by atoms with Gasteiger partial charge in [0.2, 0.25) is 0 Å². The molecule has 0 aliphatic rings. The Morgan fingerprint density at radius 2 is 1.83 bits per heavy atom. The van der Waals surface area contributed by atoms with Crippen LogP contribution in [-0.2, 0) is 4.74 Å². The predicted octanol–water partition coefficient (Wildman–Crippen LogP) is 4.84. The zero-order valence-electron chi connectivity index (χ0n) is 16.0. The number of nitrogens with one attached hydrogen (secondary N) is 2. The molecule has 0 atom stereocenters. The lowest BCUT2D eigenvalue weighted by atomic mass is 10.2. The van der Waals surface area contributed by atoms with Crippen molar-refractivity contribution in [1.29, 1.82) is 0 Å². The SMILES string of the molecule is CC.CCSCC/C(S)=C\C=C/NC.CNC(=O)OC(C)(C)C. The Labute approximate surface area is 153 Å². The van der Waals surface area contributed by atoms with Crippen molar-refractivity contribution in [2.24, 2.45) is 0 Å². The molecule has 0 aromatic heterocycles. The third kappa shape index (κ3) is 29.8. The van der Waals surface area contributed by atoms with Gasteiger partial charge in [0.15, 0.2) is 0 Å². The molecule has 0 aromatic carbocycles. The molecule has 0 aliphatic heterocycles. The highest BCUT2D eigenvalue weighted by Gasteiger charge is 2.13. The summed E-state index contributed by atoms with van der Waals surface area (Å²) < 4.78 is 4.84. The maximum Gasteiger partial charge on any atom is 0.407 e. The summed E-state index contributed by atoms with van der Waals surface area (Å²) in [5.74, 6) is 2.35. The lowest BCUT2D eigenvalue weighted by molar-refractivity contribution is 0.0541. The van der Waals surface area contributed by atoms with Crippen LogP contribution >= 0.6 is 24.4 Å². The van der Waals surface area contributed by atoms with Crippen molar-refractivity contribution < 1.29 is 9.53 Å². The number of carbonyl (C=O) groups is 1. The van der Waals surface area contributed by atoms with Gasteiger partial charge in [-0.25, -0.2) is 4.79 Å². The highest BCUT2D eigenvalue weighted by atomic mass is 32.2. The maximum absolute atomic E-state index is 10.5. The molecule has 0 saturated heterocycles. The average molecular weight is 365 g/mol. The molecule has 0 rings (SSSR count). The van der Waals surface area contributed by atoms with Crippen LogP contribution in [0.1, 0.15) is 48.0 Å². The second kappa shape index (κ2) is 19.3. The summed E-state index contributed by atoms with van der Waals surface area (Å²) in [6, 6.07) is 0. The van der Waals surface area contributed by atoms with Crippen molar-refractivity contribution in [2.75, 3.05) is 25.6 Å². The number of carbonyl (C=O) groups excluding carboxylic acids is 1. The largest absolute Gasteiger partial charge is 0.444 e. The Kier molecular flexibility index (Phi) is 22.7. The molecule has 0 aliphatic carbocycles. The fourth-order valence-electron chi connectivity index (χ4n) is 0.989. The molecule has 0 saturated carbocycles. The van der Waals surface area contributed by atoms with Crippen LogP contribution in [0, 0.1) is 0 Å². The van der Waals surface area contributed by atoms with Gasteiger partial charge >= 0.3 is 6.09 Å². The summed E-state index contributed by atoms with van der Waals surface area (Å²) in [5.41, 5.74) is -0.389. The molecule has 0 heterocycles. The van der Waals surface area contributed by atoms with E-state index in [4.69, 9.17) is 4.74 Å². The van der Waals surface area contributed by atoms with Gasteiger partial charge in [-0.1, -0.05) is 26.8 Å². The highest BCUT2D eigenvalue weighted by Crippen LogP contribution is 2.11. The Balaban J connectivity index is -0.000000324. The van der Waals surface area contributed by atoms with Crippen LogP contribution in [0.15, 0.2) is 23.3 Å². The van der Waals surface area contributed by atoms with Crippen molar-refractivity contribution in [3.63, 3.8) is 0 Å². The van der Waals surface area contributed by atoms with Crippen LogP contribution in [-0.4, -0.2) is 37.3 Å². The number of ether oxygens (including phenoxy) is 1. The highest BCUT2D eigenvalue weighted by molar-refractivity contribution is 7.99. The van der Waals surface area contributed by atoms with E-state index in [1.165, 1.54) is 18.6 Å². The fourth-order valence-corrected chi connectivity index (χ4v) is 1.99. The number of hydrogen-bond acceptors (Lipinski definition) is 5. The van der Waals surface area contributed by atoms with Crippen LogP contribution in [0.5, 0.6) is 0 Å². The second-order valence-electron chi connectivity index (χ2n) is 5.00. The summed E-state index contributed by atoms with van der Waals surface area (Å²) in [6.45, 7) is 11.6. The Bertz CT molecular complexity index is 325. The molecule has 0 radical (unpaired) electrons. The number of alkyl carbamates (subject to hydrolysis) is 1. The first kappa shape index (κ1) is 27.1. The quantitative estimate of drug-likeness (QED) is 0.358. The number of rotatable bonds is 6. The minimum atomic E-state index is -0.389. The van der Waals surface area contributed by atoms with Crippen LogP contribution in [0.2, 0.25) is 0 Å². The Hall–Kier alpha value is -0.750. The van der Waals surface area contributed by atoms with Gasteiger partial charge in [-0.2, -0.15) is 11.8 Å². The molecule has 0 unspecified atom stereocenters. The summed E-state index contributed by atoms with van der Waals surface area (Å²) in [4.78, 5) is 11.6. The molecule has 23 heavy (non-hydrogen) atoms. The molecule has 0 aromatic rings. The summed E-state index contributed by atoms with van der Waals surface area (Å²) in [7, 11) is 3.42. The van der Waals surface area contributed by atoms with Crippen LogP contribution in [0.4, 0.5) is 4.79 Å². The minimum absolute atomic E-state index is 0.387. The van der Waals surface area contributed by atoms with E-state index < -0.39 is 0 Å². The Morgan fingerprint density at radius 3 is 2.17 bits per heavy atom. The lowest BCUT2D eigenvalue weighted by Crippen LogP contribution is -2.30. The third-order valence-electron chi connectivity index (χ3n) is 1.86. The van der Waals surface area contributed by atoms with Crippen LogP contribution < -0.4 is 10.6 Å². The number of hydrogen-bond donors (Lipinski definition) is 3. The van der Waals surface area contributed by atoms with E-state index in [2.05, 4.69) is 30.2 Å². The van der Waals surface area contributed by atoms with Crippen molar-refractivity contribution in [3.05, 3.63) is 23.3 Å². The van der Waals surface area contributed by atoms with Gasteiger partial charge < -0.3 is 15.4 Å². The van der Waals surface area contributed by atoms with Crippen molar-refractivity contribution in [3.8, 4) is 0 Å². The van der Waals surface area contributed by atoms with Gasteiger partial charge in [0, 0.05) is 14.1 Å². The van der Waals surface area contributed by atoms with Gasteiger partial charge in [-0.15, -0.1) is 12.6 Å². The molecule has 138 valence electrons. The number of allylic oxidation sites excluding steroid dienone is 3. The zero-order chi connectivity index (χ0) is 18.7. The van der Waals surface area contributed by atoms with Gasteiger partial charge in [0.25, 0.3) is 0 Å².